The van der Waals surface area contributed by atoms with E-state index in [2.05, 4.69) is 26.8 Å². The van der Waals surface area contributed by atoms with Gasteiger partial charge in [-0.3, -0.25) is 15.1 Å². The van der Waals surface area contributed by atoms with Gasteiger partial charge in [0.2, 0.25) is 5.95 Å². The Kier molecular flexibility index (Phi) is 3.09. The number of nitrogens with one attached hydrogen (secondary N) is 2. The lowest BCUT2D eigenvalue weighted by Gasteiger charge is -2.04. The van der Waals surface area contributed by atoms with Crippen LogP contribution in [-0.4, -0.2) is 32.2 Å². The Morgan fingerprint density at radius 2 is 2.50 bits per heavy atom. The minimum atomic E-state index is -0.723. The van der Waals surface area contributed by atoms with Gasteiger partial charge in [-0.2, -0.15) is 4.98 Å². The maximum Gasteiger partial charge on any atom is 0.414 e. The smallest absolute Gasteiger partial charge is 0.414 e. The molecule has 0 aromatic carbocycles. The molecular formula is C10H11N5O3. The Labute approximate surface area is 101 Å². The molecule has 2 heterocycles. The fourth-order valence-electron chi connectivity index (χ4n) is 1.34. The molecule has 1 amide bonds. The lowest BCUT2D eigenvalue weighted by molar-refractivity contribution is 0.174. The lowest BCUT2D eigenvalue weighted by Crippen LogP contribution is -2.19. The summed E-state index contributed by atoms with van der Waals surface area (Å²) in [6.45, 7) is 3.48. The molecule has 8 nitrogen and oxygen atoms in total. The number of ether oxygens (including phenoxy) is 1. The minimum Gasteiger partial charge on any atom is -0.445 e. The molecule has 18 heavy (non-hydrogen) atoms. The molecule has 2 aromatic heterocycles. The summed E-state index contributed by atoms with van der Waals surface area (Å²) in [7, 11) is 1.70. The number of anilines is 1. The van der Waals surface area contributed by atoms with Crippen molar-refractivity contribution in [3.8, 4) is 0 Å². The van der Waals surface area contributed by atoms with Crippen molar-refractivity contribution >= 4 is 23.2 Å². The second-order valence-corrected chi connectivity index (χ2v) is 3.45. The van der Waals surface area contributed by atoms with Crippen molar-refractivity contribution in [3.63, 3.8) is 0 Å². The average Bonchev–Trinajstić information content (AvgIpc) is 2.69. The van der Waals surface area contributed by atoms with Crippen molar-refractivity contribution in [3.05, 3.63) is 29.3 Å². The third-order valence-electron chi connectivity index (χ3n) is 2.12. The molecule has 0 unspecified atom stereocenters. The first-order chi connectivity index (χ1) is 8.61. The van der Waals surface area contributed by atoms with Crippen molar-refractivity contribution in [1.29, 1.82) is 0 Å². The van der Waals surface area contributed by atoms with Crippen molar-refractivity contribution < 1.29 is 9.53 Å². The van der Waals surface area contributed by atoms with Crippen LogP contribution in [0.3, 0.4) is 0 Å². The molecule has 2 rings (SSSR count). The van der Waals surface area contributed by atoms with Gasteiger partial charge >= 0.3 is 6.09 Å². The molecule has 0 aliphatic heterocycles. The zero-order valence-corrected chi connectivity index (χ0v) is 9.64. The molecule has 0 fully saturated rings. The summed E-state index contributed by atoms with van der Waals surface area (Å²) >= 11 is 0. The highest BCUT2D eigenvalue weighted by Crippen LogP contribution is 2.05. The second-order valence-electron chi connectivity index (χ2n) is 3.45. The highest BCUT2D eigenvalue weighted by Gasteiger charge is 2.10. The molecule has 0 saturated heterocycles. The van der Waals surface area contributed by atoms with Crippen LogP contribution in [0.4, 0.5) is 10.7 Å². The van der Waals surface area contributed by atoms with E-state index < -0.39 is 11.7 Å². The standard InChI is InChI=1S/C10H11N5O3/c1-3-4-18-10(17)14-9-12-7-6(8(16)13-9)11-5-15(7)2/h3,5H,1,4H2,2H3,(H2,12,13,14,16,17). The van der Waals surface area contributed by atoms with Crippen molar-refractivity contribution in [2.75, 3.05) is 11.9 Å². The minimum absolute atomic E-state index is 0.00478. The quantitative estimate of drug-likeness (QED) is 0.766. The Balaban J connectivity index is 2.29. The fourth-order valence-corrected chi connectivity index (χ4v) is 1.34. The van der Waals surface area contributed by atoms with Crippen LogP contribution >= 0.6 is 0 Å². The summed E-state index contributed by atoms with van der Waals surface area (Å²) < 4.78 is 6.28. The van der Waals surface area contributed by atoms with Crippen LogP contribution in [0.25, 0.3) is 11.2 Å². The van der Waals surface area contributed by atoms with Crippen LogP contribution in [0.2, 0.25) is 0 Å². The molecule has 0 bridgehead atoms. The number of carbonyl (C=O) groups excluding carboxylic acids is 1. The monoisotopic (exact) mass is 249 g/mol. The molecule has 2 N–H and O–H groups in total. The van der Waals surface area contributed by atoms with Crippen LogP contribution in [0, 0.1) is 0 Å². The van der Waals surface area contributed by atoms with Gasteiger partial charge in [0.1, 0.15) is 6.61 Å². The maximum atomic E-state index is 11.6. The molecular weight excluding hydrogens is 238 g/mol. The second kappa shape index (κ2) is 4.70. The first kappa shape index (κ1) is 11.8. The van der Waals surface area contributed by atoms with Crippen LogP contribution in [-0.2, 0) is 11.8 Å². The molecule has 0 atom stereocenters. The van der Waals surface area contributed by atoms with Crippen LogP contribution in [0.5, 0.6) is 0 Å². The molecule has 8 heteroatoms. The summed E-state index contributed by atoms with van der Waals surface area (Å²) in [4.78, 5) is 33.2. The third kappa shape index (κ3) is 2.21. The Morgan fingerprint density at radius 3 is 3.22 bits per heavy atom. The molecule has 0 radical (unpaired) electrons. The molecule has 0 aliphatic rings. The number of aryl methyl sites for hydroxylation is 1. The van der Waals surface area contributed by atoms with E-state index in [1.54, 1.807) is 11.6 Å². The summed E-state index contributed by atoms with van der Waals surface area (Å²) in [6, 6.07) is 0. The van der Waals surface area contributed by atoms with E-state index in [4.69, 9.17) is 4.74 Å². The number of rotatable bonds is 3. The number of hydrogen-bond acceptors (Lipinski definition) is 5. The number of nitrogens with zero attached hydrogens (tertiary/aromatic N) is 3. The van der Waals surface area contributed by atoms with Gasteiger partial charge in [0.05, 0.1) is 6.33 Å². The highest BCUT2D eigenvalue weighted by molar-refractivity contribution is 5.83. The van der Waals surface area contributed by atoms with Crippen LogP contribution in [0.1, 0.15) is 0 Å². The number of hydrogen-bond donors (Lipinski definition) is 2. The van der Waals surface area contributed by atoms with Gasteiger partial charge in [-0.1, -0.05) is 12.7 Å². The van der Waals surface area contributed by atoms with E-state index in [-0.39, 0.29) is 18.1 Å². The topological polar surface area (TPSA) is 102 Å². The number of imidazole rings is 1. The molecule has 2 aromatic rings. The lowest BCUT2D eigenvalue weighted by atomic mass is 10.5. The number of aromatic amines is 1. The highest BCUT2D eigenvalue weighted by atomic mass is 16.5. The van der Waals surface area contributed by atoms with Crippen molar-refractivity contribution in [2.45, 2.75) is 0 Å². The summed E-state index contributed by atoms with van der Waals surface area (Å²) in [5.74, 6) is 0.00478. The Bertz CT molecular complexity index is 657. The SMILES string of the molecule is C=CCOC(=O)Nc1nc2c(ncn2C)c(=O)[nH]1. The van der Waals surface area contributed by atoms with E-state index >= 15 is 0 Å². The summed E-state index contributed by atoms with van der Waals surface area (Å²) in [6.07, 6.45) is 2.17. The number of carbonyl (C=O) groups is 1. The number of aromatic nitrogens is 4. The van der Waals surface area contributed by atoms with E-state index in [9.17, 15) is 9.59 Å². The Hall–Kier alpha value is -2.64. The van der Waals surface area contributed by atoms with Gasteiger partial charge in [0, 0.05) is 7.05 Å². The van der Waals surface area contributed by atoms with Crippen LogP contribution < -0.4 is 10.9 Å². The van der Waals surface area contributed by atoms with E-state index in [1.165, 1.54) is 12.4 Å². The van der Waals surface area contributed by atoms with Gasteiger partial charge in [-0.05, 0) is 0 Å². The third-order valence-corrected chi connectivity index (χ3v) is 2.12. The van der Waals surface area contributed by atoms with Gasteiger partial charge in [-0.15, -0.1) is 0 Å². The molecule has 0 saturated carbocycles. The van der Waals surface area contributed by atoms with Gasteiger partial charge < -0.3 is 9.30 Å². The van der Waals surface area contributed by atoms with E-state index in [0.717, 1.165) is 0 Å². The fraction of sp³-hybridized carbons (Fsp3) is 0.200. The van der Waals surface area contributed by atoms with E-state index in [0.29, 0.717) is 5.65 Å². The van der Waals surface area contributed by atoms with E-state index in [1.807, 2.05) is 0 Å². The first-order valence-corrected chi connectivity index (χ1v) is 5.08. The molecule has 0 spiro atoms. The van der Waals surface area contributed by atoms with Gasteiger partial charge in [0.25, 0.3) is 5.56 Å². The maximum absolute atomic E-state index is 11.6. The number of H-pyrrole nitrogens is 1. The number of amides is 1. The zero-order valence-electron chi connectivity index (χ0n) is 9.64. The van der Waals surface area contributed by atoms with Gasteiger partial charge in [-0.25, -0.2) is 9.78 Å². The normalized spacial score (nSPS) is 10.3. The largest absolute Gasteiger partial charge is 0.445 e. The predicted octanol–water partition coefficient (Wildman–Crippen LogP) is 0.391. The summed E-state index contributed by atoms with van der Waals surface area (Å²) in [5, 5.41) is 2.31. The molecule has 94 valence electrons. The predicted molar refractivity (Wildman–Crippen MR) is 64.3 cm³/mol. The summed E-state index contributed by atoms with van der Waals surface area (Å²) in [5.41, 5.74) is 0.153. The Morgan fingerprint density at radius 1 is 1.72 bits per heavy atom. The zero-order chi connectivity index (χ0) is 13.1. The van der Waals surface area contributed by atoms with Crippen molar-refractivity contribution in [2.24, 2.45) is 7.05 Å². The van der Waals surface area contributed by atoms with Crippen LogP contribution in [0.15, 0.2) is 23.8 Å². The molecule has 0 aliphatic carbocycles. The number of fused-ring (bicyclic) bond motifs is 1. The van der Waals surface area contributed by atoms with Gasteiger partial charge in [0.15, 0.2) is 11.2 Å². The average molecular weight is 249 g/mol. The first-order valence-electron chi connectivity index (χ1n) is 5.08. The van der Waals surface area contributed by atoms with Crippen molar-refractivity contribution in [1.82, 2.24) is 19.5 Å².